The molecule has 3 rings (SSSR count). The van der Waals surface area contributed by atoms with Crippen LogP contribution >= 0.6 is 11.3 Å². The van der Waals surface area contributed by atoms with E-state index in [9.17, 15) is 4.79 Å². The lowest BCUT2D eigenvalue weighted by molar-refractivity contribution is -0.115. The molecule has 2 heterocycles. The zero-order valence-corrected chi connectivity index (χ0v) is 14.1. The summed E-state index contributed by atoms with van der Waals surface area (Å²) in [6.45, 7) is 2.75. The van der Waals surface area contributed by atoms with Crippen LogP contribution < -0.4 is 10.6 Å². The second-order valence-electron chi connectivity index (χ2n) is 5.45. The van der Waals surface area contributed by atoms with Crippen LogP contribution in [0.2, 0.25) is 0 Å². The second kappa shape index (κ2) is 7.70. The lowest BCUT2D eigenvalue weighted by atomic mass is 10.1. The summed E-state index contributed by atoms with van der Waals surface area (Å²) >= 11 is 1.56. The number of hydrogen-bond donors (Lipinski definition) is 2. The SMILES string of the molecule is Cc1cccc(CNc2ccc(NC(=O)Cc3cccs3)nn2)c1. The summed E-state index contributed by atoms with van der Waals surface area (Å²) in [4.78, 5) is 12.9. The molecule has 0 bridgehead atoms. The smallest absolute Gasteiger partial charge is 0.230 e. The van der Waals surface area contributed by atoms with E-state index in [4.69, 9.17) is 0 Å². The molecule has 6 heteroatoms. The topological polar surface area (TPSA) is 66.9 Å². The summed E-state index contributed by atoms with van der Waals surface area (Å²) in [6, 6.07) is 15.7. The number of amides is 1. The van der Waals surface area contributed by atoms with Crippen LogP contribution in [0.1, 0.15) is 16.0 Å². The minimum atomic E-state index is -0.0905. The second-order valence-corrected chi connectivity index (χ2v) is 6.48. The van der Waals surface area contributed by atoms with E-state index in [0.717, 1.165) is 4.88 Å². The molecule has 0 unspecified atom stereocenters. The maximum Gasteiger partial charge on any atom is 0.230 e. The van der Waals surface area contributed by atoms with Crippen molar-refractivity contribution in [1.82, 2.24) is 10.2 Å². The van der Waals surface area contributed by atoms with Crippen molar-refractivity contribution < 1.29 is 4.79 Å². The van der Waals surface area contributed by atoms with Crippen molar-refractivity contribution in [2.75, 3.05) is 10.6 Å². The van der Waals surface area contributed by atoms with Gasteiger partial charge in [0, 0.05) is 11.4 Å². The van der Waals surface area contributed by atoms with E-state index in [2.05, 4.69) is 46.0 Å². The van der Waals surface area contributed by atoms with E-state index < -0.39 is 0 Å². The third-order valence-electron chi connectivity index (χ3n) is 3.40. The molecule has 0 aliphatic carbocycles. The van der Waals surface area contributed by atoms with Gasteiger partial charge in [0.05, 0.1) is 6.42 Å². The normalized spacial score (nSPS) is 10.4. The lowest BCUT2D eigenvalue weighted by Gasteiger charge is -2.07. The number of carbonyl (C=O) groups excluding carboxylic acids is 1. The molecule has 3 aromatic rings. The first kappa shape index (κ1) is 16.1. The number of benzene rings is 1. The molecule has 0 saturated carbocycles. The Bertz CT molecular complexity index is 800. The van der Waals surface area contributed by atoms with E-state index in [-0.39, 0.29) is 5.91 Å². The largest absolute Gasteiger partial charge is 0.365 e. The third kappa shape index (κ3) is 4.63. The number of nitrogens with zero attached hydrogens (tertiary/aromatic N) is 2. The van der Waals surface area contributed by atoms with Gasteiger partial charge in [-0.2, -0.15) is 0 Å². The predicted octanol–water partition coefficient (Wildman–Crippen LogP) is 3.64. The average molecular weight is 338 g/mol. The molecule has 0 fully saturated rings. The van der Waals surface area contributed by atoms with Gasteiger partial charge in [0.25, 0.3) is 0 Å². The maximum atomic E-state index is 11.9. The molecule has 24 heavy (non-hydrogen) atoms. The zero-order valence-electron chi connectivity index (χ0n) is 13.3. The Labute approximate surface area is 144 Å². The fourth-order valence-corrected chi connectivity index (χ4v) is 2.97. The minimum Gasteiger partial charge on any atom is -0.365 e. The zero-order chi connectivity index (χ0) is 16.8. The number of aromatic nitrogens is 2. The van der Waals surface area contributed by atoms with Crippen LogP contribution in [-0.4, -0.2) is 16.1 Å². The quantitative estimate of drug-likeness (QED) is 0.720. The molecule has 0 aliphatic heterocycles. The molecule has 0 saturated heterocycles. The van der Waals surface area contributed by atoms with E-state index in [1.54, 1.807) is 17.4 Å². The van der Waals surface area contributed by atoms with E-state index in [1.165, 1.54) is 11.1 Å². The van der Waals surface area contributed by atoms with Crippen LogP contribution in [0.25, 0.3) is 0 Å². The Balaban J connectivity index is 1.52. The molecular weight excluding hydrogens is 320 g/mol. The Morgan fingerprint density at radius 2 is 1.92 bits per heavy atom. The summed E-state index contributed by atoms with van der Waals surface area (Å²) in [6.07, 6.45) is 0.354. The van der Waals surface area contributed by atoms with Gasteiger partial charge in [0.1, 0.15) is 5.82 Å². The van der Waals surface area contributed by atoms with Gasteiger partial charge in [0.2, 0.25) is 5.91 Å². The fourth-order valence-electron chi connectivity index (χ4n) is 2.27. The molecule has 1 amide bonds. The van der Waals surface area contributed by atoms with Gasteiger partial charge in [-0.05, 0) is 36.1 Å². The monoisotopic (exact) mass is 338 g/mol. The van der Waals surface area contributed by atoms with Crippen molar-refractivity contribution >= 4 is 28.9 Å². The molecule has 0 spiro atoms. The van der Waals surface area contributed by atoms with Crippen molar-refractivity contribution in [3.05, 3.63) is 69.9 Å². The number of carbonyl (C=O) groups is 1. The summed E-state index contributed by atoms with van der Waals surface area (Å²) in [5.74, 6) is 1.04. The summed E-state index contributed by atoms with van der Waals surface area (Å²) in [5, 5.41) is 16.1. The van der Waals surface area contributed by atoms with E-state index >= 15 is 0 Å². The van der Waals surface area contributed by atoms with Crippen LogP contribution in [0.15, 0.2) is 53.9 Å². The van der Waals surface area contributed by atoms with Crippen molar-refractivity contribution in [2.24, 2.45) is 0 Å². The number of hydrogen-bond acceptors (Lipinski definition) is 5. The van der Waals surface area contributed by atoms with E-state index in [0.29, 0.717) is 24.6 Å². The Hall–Kier alpha value is -2.73. The molecule has 122 valence electrons. The molecule has 0 atom stereocenters. The molecule has 0 aliphatic rings. The Morgan fingerprint density at radius 3 is 2.62 bits per heavy atom. The first-order chi connectivity index (χ1) is 11.7. The number of rotatable bonds is 6. The van der Waals surface area contributed by atoms with Crippen molar-refractivity contribution in [3.8, 4) is 0 Å². The Kier molecular flexibility index (Phi) is 5.18. The van der Waals surface area contributed by atoms with Crippen LogP contribution in [0.4, 0.5) is 11.6 Å². The average Bonchev–Trinajstić information content (AvgIpc) is 3.07. The molecular formula is C18H18N4OS. The van der Waals surface area contributed by atoms with Gasteiger partial charge >= 0.3 is 0 Å². The number of anilines is 2. The highest BCUT2D eigenvalue weighted by Crippen LogP contribution is 2.12. The molecule has 0 radical (unpaired) electrons. The first-order valence-corrected chi connectivity index (χ1v) is 8.52. The third-order valence-corrected chi connectivity index (χ3v) is 4.28. The molecule has 2 aromatic heterocycles. The highest BCUT2D eigenvalue weighted by atomic mass is 32.1. The molecule has 2 N–H and O–H groups in total. The van der Waals surface area contributed by atoms with Crippen molar-refractivity contribution in [3.63, 3.8) is 0 Å². The highest BCUT2D eigenvalue weighted by Gasteiger charge is 2.06. The highest BCUT2D eigenvalue weighted by molar-refractivity contribution is 7.10. The van der Waals surface area contributed by atoms with Crippen LogP contribution in [0, 0.1) is 6.92 Å². The van der Waals surface area contributed by atoms with E-state index in [1.807, 2.05) is 29.6 Å². The van der Waals surface area contributed by atoms with Crippen molar-refractivity contribution in [2.45, 2.75) is 19.9 Å². The maximum absolute atomic E-state index is 11.9. The molecule has 1 aromatic carbocycles. The standard InChI is InChI=1S/C18H18N4OS/c1-13-4-2-5-14(10-13)12-19-16-7-8-17(22-21-16)20-18(23)11-15-6-3-9-24-15/h2-10H,11-12H2,1H3,(H,19,21)(H,20,22,23). The number of thiophene rings is 1. The summed E-state index contributed by atoms with van der Waals surface area (Å²) in [5.41, 5.74) is 2.41. The summed E-state index contributed by atoms with van der Waals surface area (Å²) in [7, 11) is 0. The fraction of sp³-hybridized carbons (Fsp3) is 0.167. The van der Waals surface area contributed by atoms with Gasteiger partial charge in [-0.1, -0.05) is 35.9 Å². The van der Waals surface area contributed by atoms with Gasteiger partial charge in [-0.15, -0.1) is 21.5 Å². The van der Waals surface area contributed by atoms with Gasteiger partial charge in [-0.3, -0.25) is 4.79 Å². The van der Waals surface area contributed by atoms with Gasteiger partial charge < -0.3 is 10.6 Å². The van der Waals surface area contributed by atoms with Gasteiger partial charge in [0.15, 0.2) is 5.82 Å². The lowest BCUT2D eigenvalue weighted by Crippen LogP contribution is -2.15. The van der Waals surface area contributed by atoms with Crippen LogP contribution in [-0.2, 0) is 17.8 Å². The molecule has 5 nitrogen and oxygen atoms in total. The van der Waals surface area contributed by atoms with Crippen LogP contribution in [0.3, 0.4) is 0 Å². The van der Waals surface area contributed by atoms with Gasteiger partial charge in [-0.25, -0.2) is 0 Å². The van der Waals surface area contributed by atoms with Crippen LogP contribution in [0.5, 0.6) is 0 Å². The first-order valence-electron chi connectivity index (χ1n) is 7.64. The Morgan fingerprint density at radius 1 is 1.08 bits per heavy atom. The summed E-state index contributed by atoms with van der Waals surface area (Å²) < 4.78 is 0. The predicted molar refractivity (Wildman–Crippen MR) is 97.2 cm³/mol. The number of nitrogens with one attached hydrogen (secondary N) is 2. The minimum absolute atomic E-state index is 0.0905. The number of aryl methyl sites for hydroxylation is 1. The van der Waals surface area contributed by atoms with Crippen molar-refractivity contribution in [1.29, 1.82) is 0 Å².